The van der Waals surface area contributed by atoms with Crippen molar-refractivity contribution in [2.24, 2.45) is 5.92 Å². The predicted molar refractivity (Wildman–Crippen MR) is 124 cm³/mol. The summed E-state index contributed by atoms with van der Waals surface area (Å²) in [7, 11) is 1.31. The fourth-order valence-corrected chi connectivity index (χ4v) is 3.94. The second-order valence-electron chi connectivity index (χ2n) is 7.83. The summed E-state index contributed by atoms with van der Waals surface area (Å²) in [6, 6.07) is 14.1. The van der Waals surface area contributed by atoms with Crippen LogP contribution in [0, 0.1) is 5.92 Å². The summed E-state index contributed by atoms with van der Waals surface area (Å²) in [6.07, 6.45) is 3.51. The van der Waals surface area contributed by atoms with Crippen molar-refractivity contribution in [2.45, 2.75) is 45.3 Å². The molecule has 170 valence electrons. The molecule has 0 saturated carbocycles. The number of aromatic hydroxyl groups is 1. The Labute approximate surface area is 193 Å². The lowest BCUT2D eigenvalue weighted by atomic mass is 9.92. The largest absolute Gasteiger partial charge is 0.508 e. The number of carbonyl (C=O) groups is 1. The minimum atomic E-state index is -1.12. The van der Waals surface area contributed by atoms with Gasteiger partial charge < -0.3 is 19.5 Å². The second-order valence-corrected chi connectivity index (χ2v) is 8.23. The van der Waals surface area contributed by atoms with Crippen LogP contribution in [-0.2, 0) is 28.9 Å². The number of aromatic nitrogens is 2. The summed E-state index contributed by atoms with van der Waals surface area (Å²) in [4.78, 5) is 17.2. The van der Waals surface area contributed by atoms with Crippen LogP contribution in [0.4, 0.5) is 0 Å². The molecule has 0 aliphatic carbocycles. The third-order valence-corrected chi connectivity index (χ3v) is 5.96. The van der Waals surface area contributed by atoms with Gasteiger partial charge in [0, 0.05) is 11.4 Å². The van der Waals surface area contributed by atoms with E-state index in [0.29, 0.717) is 17.3 Å². The number of carbonyl (C=O) groups excluding carboxylic acids is 1. The maximum atomic E-state index is 12.6. The molecule has 2 aromatic carbocycles. The summed E-state index contributed by atoms with van der Waals surface area (Å²) in [5.74, 6) is -0.354. The van der Waals surface area contributed by atoms with Gasteiger partial charge in [-0.05, 0) is 42.2 Å². The van der Waals surface area contributed by atoms with E-state index in [4.69, 9.17) is 16.3 Å². The van der Waals surface area contributed by atoms with Crippen molar-refractivity contribution in [3.8, 4) is 5.75 Å². The molecule has 0 spiro atoms. The number of hydrogen-bond donors (Lipinski definition) is 2. The smallest absolute Gasteiger partial charge is 0.312 e. The van der Waals surface area contributed by atoms with E-state index in [2.05, 4.69) is 11.9 Å². The first-order valence-electron chi connectivity index (χ1n) is 10.8. The van der Waals surface area contributed by atoms with Crippen LogP contribution in [0.1, 0.15) is 48.5 Å². The Morgan fingerprint density at radius 1 is 1.19 bits per heavy atom. The molecule has 1 heterocycles. The van der Waals surface area contributed by atoms with Crippen LogP contribution in [0.3, 0.4) is 0 Å². The SMILES string of the molecule is CCCCc1ncc(C(O)C(Cc2ccc(O)cc2)C(=O)OC)n1Cc1ccccc1Cl. The number of esters is 1. The number of phenolic OH excluding ortho intramolecular Hbond substituents is 1. The summed E-state index contributed by atoms with van der Waals surface area (Å²) >= 11 is 6.39. The number of benzene rings is 2. The van der Waals surface area contributed by atoms with E-state index < -0.39 is 18.0 Å². The summed E-state index contributed by atoms with van der Waals surface area (Å²) in [6.45, 7) is 2.56. The standard InChI is InChI=1S/C25H29ClN2O4/c1-3-4-9-23-27-15-22(28(23)16-18-7-5-6-8-21(18)26)24(30)20(25(31)32-2)14-17-10-12-19(29)13-11-17/h5-8,10-13,15,20,24,29-30H,3-4,9,14,16H2,1-2H3. The highest BCUT2D eigenvalue weighted by atomic mass is 35.5. The Hall–Kier alpha value is -2.83. The molecule has 0 amide bonds. The third-order valence-electron chi connectivity index (χ3n) is 5.59. The average molecular weight is 457 g/mol. The third kappa shape index (κ3) is 5.69. The molecule has 0 saturated heterocycles. The Balaban J connectivity index is 1.96. The molecule has 6 nitrogen and oxygen atoms in total. The molecular formula is C25H29ClN2O4. The van der Waals surface area contributed by atoms with Crippen LogP contribution in [0.5, 0.6) is 5.75 Å². The van der Waals surface area contributed by atoms with Crippen LogP contribution in [0.25, 0.3) is 0 Å². The van der Waals surface area contributed by atoms with Crippen LogP contribution >= 0.6 is 11.6 Å². The number of aliphatic hydroxyl groups is 1. The van der Waals surface area contributed by atoms with Crippen molar-refractivity contribution in [1.82, 2.24) is 9.55 Å². The fourth-order valence-electron chi connectivity index (χ4n) is 3.75. The first kappa shape index (κ1) is 23.8. The minimum Gasteiger partial charge on any atom is -0.508 e. The zero-order valence-corrected chi connectivity index (χ0v) is 19.1. The number of ether oxygens (including phenoxy) is 1. The highest BCUT2D eigenvalue weighted by molar-refractivity contribution is 6.31. The van der Waals surface area contributed by atoms with Gasteiger partial charge in [-0.3, -0.25) is 4.79 Å². The van der Waals surface area contributed by atoms with Crippen LogP contribution in [0.2, 0.25) is 5.02 Å². The van der Waals surface area contributed by atoms with E-state index >= 15 is 0 Å². The van der Waals surface area contributed by atoms with E-state index in [1.54, 1.807) is 30.5 Å². The molecule has 3 aromatic rings. The van der Waals surface area contributed by atoms with Gasteiger partial charge in [-0.2, -0.15) is 0 Å². The summed E-state index contributed by atoms with van der Waals surface area (Å²) in [5.41, 5.74) is 2.26. The number of halogens is 1. The van der Waals surface area contributed by atoms with Gasteiger partial charge in [0.2, 0.25) is 0 Å². The zero-order chi connectivity index (χ0) is 23.1. The van der Waals surface area contributed by atoms with E-state index in [-0.39, 0.29) is 12.2 Å². The van der Waals surface area contributed by atoms with Gasteiger partial charge in [0.05, 0.1) is 31.5 Å². The van der Waals surface area contributed by atoms with Gasteiger partial charge in [-0.15, -0.1) is 0 Å². The van der Waals surface area contributed by atoms with E-state index in [1.165, 1.54) is 7.11 Å². The first-order chi connectivity index (χ1) is 15.4. The molecule has 7 heteroatoms. The number of phenols is 1. The van der Waals surface area contributed by atoms with E-state index in [1.807, 2.05) is 28.8 Å². The monoisotopic (exact) mass is 456 g/mol. The molecule has 0 radical (unpaired) electrons. The molecule has 3 rings (SSSR count). The molecule has 0 aliphatic rings. The Morgan fingerprint density at radius 3 is 2.56 bits per heavy atom. The number of aliphatic hydroxyl groups excluding tert-OH is 1. The summed E-state index contributed by atoms with van der Waals surface area (Å²) in [5, 5.41) is 21.5. The van der Waals surface area contributed by atoms with Crippen LogP contribution in [0.15, 0.2) is 54.7 Å². The number of unbranched alkanes of at least 4 members (excludes halogenated alkanes) is 1. The van der Waals surface area contributed by atoms with Crippen molar-refractivity contribution >= 4 is 17.6 Å². The maximum Gasteiger partial charge on any atom is 0.312 e. The van der Waals surface area contributed by atoms with Crippen molar-refractivity contribution < 1.29 is 19.7 Å². The quantitative estimate of drug-likeness (QED) is 0.432. The van der Waals surface area contributed by atoms with Gasteiger partial charge in [-0.1, -0.05) is 55.3 Å². The number of hydrogen-bond acceptors (Lipinski definition) is 5. The molecule has 2 atom stereocenters. The normalized spacial score (nSPS) is 13.0. The topological polar surface area (TPSA) is 84.6 Å². The van der Waals surface area contributed by atoms with Crippen molar-refractivity contribution in [1.29, 1.82) is 0 Å². The molecule has 0 aliphatic heterocycles. The molecule has 1 aromatic heterocycles. The number of methoxy groups -OCH3 is 1. The lowest BCUT2D eigenvalue weighted by molar-refractivity contribution is -0.149. The molecule has 2 unspecified atom stereocenters. The lowest BCUT2D eigenvalue weighted by Crippen LogP contribution is -2.28. The van der Waals surface area contributed by atoms with Gasteiger partial charge >= 0.3 is 5.97 Å². The number of imidazole rings is 1. The number of aryl methyl sites for hydroxylation is 1. The second kappa shape index (κ2) is 11.2. The molecular weight excluding hydrogens is 428 g/mol. The van der Waals surface area contributed by atoms with Gasteiger partial charge in [0.25, 0.3) is 0 Å². The van der Waals surface area contributed by atoms with Crippen LogP contribution in [-0.4, -0.2) is 32.8 Å². The van der Waals surface area contributed by atoms with Crippen molar-refractivity contribution in [3.63, 3.8) is 0 Å². The zero-order valence-electron chi connectivity index (χ0n) is 18.4. The Kier molecular flexibility index (Phi) is 8.31. The van der Waals surface area contributed by atoms with Crippen molar-refractivity contribution in [2.75, 3.05) is 7.11 Å². The summed E-state index contributed by atoms with van der Waals surface area (Å²) < 4.78 is 6.95. The van der Waals surface area contributed by atoms with Crippen molar-refractivity contribution in [3.05, 3.63) is 82.4 Å². The molecule has 32 heavy (non-hydrogen) atoms. The number of nitrogens with zero attached hydrogens (tertiary/aromatic N) is 2. The highest BCUT2D eigenvalue weighted by Crippen LogP contribution is 2.30. The van der Waals surface area contributed by atoms with Gasteiger partial charge in [-0.25, -0.2) is 4.98 Å². The Morgan fingerprint density at radius 2 is 1.91 bits per heavy atom. The number of rotatable bonds is 10. The first-order valence-corrected chi connectivity index (χ1v) is 11.1. The van der Waals surface area contributed by atoms with E-state index in [0.717, 1.165) is 36.2 Å². The lowest BCUT2D eigenvalue weighted by Gasteiger charge is -2.23. The molecule has 0 bridgehead atoms. The van der Waals surface area contributed by atoms with Crippen LogP contribution < -0.4 is 0 Å². The molecule has 2 N–H and O–H groups in total. The minimum absolute atomic E-state index is 0.141. The maximum absolute atomic E-state index is 12.6. The molecule has 0 fully saturated rings. The van der Waals surface area contributed by atoms with Gasteiger partial charge in [0.15, 0.2) is 0 Å². The average Bonchev–Trinajstić information content (AvgIpc) is 3.20. The highest BCUT2D eigenvalue weighted by Gasteiger charge is 2.32. The Bertz CT molecular complexity index is 1030. The predicted octanol–water partition coefficient (Wildman–Crippen LogP) is 4.70. The fraction of sp³-hybridized carbons (Fsp3) is 0.360. The van der Waals surface area contributed by atoms with Gasteiger partial charge in [0.1, 0.15) is 17.7 Å². The van der Waals surface area contributed by atoms with E-state index in [9.17, 15) is 15.0 Å².